The average Bonchev–Trinajstić information content (AvgIpc) is 3.69. The highest BCUT2D eigenvalue weighted by molar-refractivity contribution is 7.24. The van der Waals surface area contributed by atoms with Crippen molar-refractivity contribution in [3.8, 4) is 50.3 Å². The van der Waals surface area contributed by atoms with Gasteiger partial charge >= 0.3 is 0 Å². The first kappa shape index (κ1) is 26.5. The topological polar surface area (TPSA) is 43.6 Å². The molecule has 3 heterocycles. The summed E-state index contributed by atoms with van der Waals surface area (Å²) in [5.41, 5.74) is 7.73. The second-order valence-electron chi connectivity index (χ2n) is 11.2. The van der Waals surface area contributed by atoms with E-state index in [1.165, 1.54) is 42.4 Å². The molecule has 0 saturated heterocycles. The molecule has 0 aliphatic rings. The van der Waals surface area contributed by atoms with Crippen molar-refractivity contribution in [2.75, 3.05) is 0 Å². The normalized spacial score (nSPS) is 11.5. The second-order valence-corrected chi connectivity index (χ2v) is 12.3. The van der Waals surface area contributed by atoms with Gasteiger partial charge in [-0.2, -0.15) is 9.97 Å². The van der Waals surface area contributed by atoms with E-state index in [1.54, 1.807) is 0 Å². The molecular formula is C41H26N4S. The molecule has 0 atom stereocenters. The first-order valence-electron chi connectivity index (χ1n) is 15.3. The molecule has 46 heavy (non-hydrogen) atoms. The summed E-state index contributed by atoms with van der Waals surface area (Å²) in [7, 11) is 0. The lowest BCUT2D eigenvalue weighted by Gasteiger charge is -2.11. The summed E-state index contributed by atoms with van der Waals surface area (Å²) in [5, 5.41) is 3.63. The molecule has 9 aromatic rings. The number of rotatable bonds is 5. The number of hydrogen-bond donors (Lipinski definition) is 0. The molecule has 9 rings (SSSR count). The number of nitrogens with zero attached hydrogens (tertiary/aromatic N) is 4. The number of benzene rings is 6. The molecule has 216 valence electrons. The van der Waals surface area contributed by atoms with Crippen molar-refractivity contribution in [1.82, 2.24) is 19.5 Å². The fourth-order valence-corrected chi connectivity index (χ4v) is 7.79. The Morgan fingerprint density at radius 1 is 0.413 bits per heavy atom. The van der Waals surface area contributed by atoms with Gasteiger partial charge in [-0.25, -0.2) is 4.98 Å². The molecule has 0 radical (unpaired) electrons. The lowest BCUT2D eigenvalue weighted by atomic mass is 9.98. The Morgan fingerprint density at radius 2 is 0.935 bits per heavy atom. The van der Waals surface area contributed by atoms with E-state index in [2.05, 4.69) is 102 Å². The van der Waals surface area contributed by atoms with Crippen LogP contribution in [-0.2, 0) is 0 Å². The van der Waals surface area contributed by atoms with E-state index < -0.39 is 0 Å². The fourth-order valence-electron chi connectivity index (χ4n) is 6.40. The van der Waals surface area contributed by atoms with Gasteiger partial charge in [-0.3, -0.25) is 4.57 Å². The van der Waals surface area contributed by atoms with Gasteiger partial charge in [0, 0.05) is 42.4 Å². The summed E-state index contributed by atoms with van der Waals surface area (Å²) < 4.78 is 3.46. The highest BCUT2D eigenvalue weighted by Crippen LogP contribution is 2.49. The average molecular weight is 607 g/mol. The first-order valence-corrected chi connectivity index (χ1v) is 16.1. The zero-order valence-electron chi connectivity index (χ0n) is 24.7. The molecule has 0 amide bonds. The number of hydrogen-bond acceptors (Lipinski definition) is 4. The van der Waals surface area contributed by atoms with Crippen molar-refractivity contribution in [2.24, 2.45) is 0 Å². The smallest absolute Gasteiger partial charge is 0.238 e. The minimum absolute atomic E-state index is 0.598. The van der Waals surface area contributed by atoms with E-state index >= 15 is 0 Å². The van der Waals surface area contributed by atoms with Crippen LogP contribution in [0.15, 0.2) is 158 Å². The van der Waals surface area contributed by atoms with Crippen molar-refractivity contribution in [1.29, 1.82) is 0 Å². The van der Waals surface area contributed by atoms with E-state index in [1.807, 2.05) is 72.0 Å². The maximum absolute atomic E-state index is 5.11. The minimum Gasteiger partial charge on any atom is -0.278 e. The Bertz CT molecular complexity index is 2440. The van der Waals surface area contributed by atoms with Crippen molar-refractivity contribution in [2.45, 2.75) is 0 Å². The van der Waals surface area contributed by atoms with Gasteiger partial charge < -0.3 is 0 Å². The molecule has 0 aliphatic carbocycles. The Hall–Kier alpha value is -5.91. The van der Waals surface area contributed by atoms with Crippen LogP contribution in [0, 0.1) is 0 Å². The van der Waals surface area contributed by atoms with E-state index in [-0.39, 0.29) is 0 Å². The summed E-state index contributed by atoms with van der Waals surface area (Å²) in [6.07, 6.45) is 0. The monoisotopic (exact) mass is 606 g/mol. The molecule has 0 fully saturated rings. The van der Waals surface area contributed by atoms with E-state index in [4.69, 9.17) is 15.0 Å². The molecule has 0 aliphatic heterocycles. The summed E-state index contributed by atoms with van der Waals surface area (Å²) >= 11 is 1.86. The van der Waals surface area contributed by atoms with Gasteiger partial charge in [0.15, 0.2) is 11.6 Å². The van der Waals surface area contributed by atoms with Crippen LogP contribution in [-0.4, -0.2) is 19.5 Å². The van der Waals surface area contributed by atoms with Crippen LogP contribution in [0.3, 0.4) is 0 Å². The quantitative estimate of drug-likeness (QED) is 0.196. The van der Waals surface area contributed by atoms with Crippen LogP contribution < -0.4 is 0 Å². The summed E-state index contributed by atoms with van der Waals surface area (Å²) in [5.74, 6) is 1.89. The van der Waals surface area contributed by atoms with Gasteiger partial charge in [-0.15, -0.1) is 11.3 Å². The summed E-state index contributed by atoms with van der Waals surface area (Å²) in [6, 6.07) is 54.8. The van der Waals surface area contributed by atoms with Crippen LogP contribution in [0.25, 0.3) is 82.2 Å². The Labute approximate surface area is 269 Å². The zero-order chi connectivity index (χ0) is 30.5. The predicted octanol–water partition coefficient (Wildman–Crippen LogP) is 10.9. The Morgan fingerprint density at radius 3 is 1.54 bits per heavy atom. The lowest BCUT2D eigenvalue weighted by Crippen LogP contribution is -2.06. The van der Waals surface area contributed by atoms with Gasteiger partial charge in [0.2, 0.25) is 5.95 Å². The van der Waals surface area contributed by atoms with E-state index in [9.17, 15) is 0 Å². The van der Waals surface area contributed by atoms with Crippen LogP contribution in [0.1, 0.15) is 0 Å². The summed E-state index contributed by atoms with van der Waals surface area (Å²) in [6.45, 7) is 0. The van der Waals surface area contributed by atoms with Gasteiger partial charge in [-0.05, 0) is 23.3 Å². The maximum atomic E-state index is 5.11. The second kappa shape index (κ2) is 10.9. The van der Waals surface area contributed by atoms with Crippen LogP contribution in [0.2, 0.25) is 0 Å². The van der Waals surface area contributed by atoms with Gasteiger partial charge in [-0.1, -0.05) is 146 Å². The Kier molecular flexibility index (Phi) is 6.28. The van der Waals surface area contributed by atoms with Crippen molar-refractivity contribution >= 4 is 43.2 Å². The number of aromatic nitrogens is 4. The SMILES string of the molecule is c1ccc(-c2nc(-c3ccccc3)nc(-n3c4ccccc4c4c5sc(-c6ccccc6)c(-c6ccccc6)c5ccc43)n2)cc1. The van der Waals surface area contributed by atoms with Gasteiger partial charge in [0.25, 0.3) is 0 Å². The number of fused-ring (bicyclic) bond motifs is 5. The molecule has 0 saturated carbocycles. The Balaban J connectivity index is 1.38. The molecule has 0 spiro atoms. The third-order valence-corrected chi connectivity index (χ3v) is 9.75. The third kappa shape index (κ3) is 4.32. The molecule has 6 aromatic carbocycles. The van der Waals surface area contributed by atoms with E-state index in [0.29, 0.717) is 17.6 Å². The van der Waals surface area contributed by atoms with E-state index in [0.717, 1.165) is 22.2 Å². The molecule has 4 nitrogen and oxygen atoms in total. The molecule has 0 N–H and O–H groups in total. The molecule has 3 aromatic heterocycles. The van der Waals surface area contributed by atoms with Crippen molar-refractivity contribution in [3.05, 3.63) is 158 Å². The lowest BCUT2D eigenvalue weighted by molar-refractivity contribution is 0.953. The highest BCUT2D eigenvalue weighted by atomic mass is 32.1. The molecular weight excluding hydrogens is 581 g/mol. The maximum Gasteiger partial charge on any atom is 0.238 e. The minimum atomic E-state index is 0.598. The van der Waals surface area contributed by atoms with Crippen molar-refractivity contribution in [3.63, 3.8) is 0 Å². The van der Waals surface area contributed by atoms with Crippen LogP contribution >= 0.6 is 11.3 Å². The van der Waals surface area contributed by atoms with Gasteiger partial charge in [0.1, 0.15) is 0 Å². The molecule has 0 bridgehead atoms. The largest absolute Gasteiger partial charge is 0.278 e. The van der Waals surface area contributed by atoms with Gasteiger partial charge in [0.05, 0.1) is 11.0 Å². The van der Waals surface area contributed by atoms with Crippen molar-refractivity contribution < 1.29 is 0 Å². The molecule has 0 unspecified atom stereocenters. The first-order chi connectivity index (χ1) is 22.8. The number of para-hydroxylation sites is 1. The predicted molar refractivity (Wildman–Crippen MR) is 191 cm³/mol. The standard InChI is InChI=1S/C41H26N4S/c1-5-15-27(16-6-1)35-32-25-26-34-36(38(32)46-37(35)28-17-7-2-8-18-28)31-23-13-14-24-33(31)45(34)41-43-39(29-19-9-3-10-20-29)42-40(44-41)30-21-11-4-12-22-30/h1-26H. The van der Waals surface area contributed by atoms with Crippen LogP contribution in [0.5, 0.6) is 0 Å². The highest BCUT2D eigenvalue weighted by Gasteiger charge is 2.23. The fraction of sp³-hybridized carbons (Fsp3) is 0. The number of thiophene rings is 1. The third-order valence-electron chi connectivity index (χ3n) is 8.48. The summed E-state index contributed by atoms with van der Waals surface area (Å²) in [4.78, 5) is 16.4. The molecule has 5 heteroatoms. The van der Waals surface area contributed by atoms with Crippen LogP contribution in [0.4, 0.5) is 0 Å². The zero-order valence-corrected chi connectivity index (χ0v) is 25.5.